The van der Waals surface area contributed by atoms with Crippen molar-refractivity contribution in [2.75, 3.05) is 5.75 Å². The smallest absolute Gasteiger partial charge is 0.230 e. The number of hydrogen-bond donors (Lipinski definition) is 2. The van der Waals surface area contributed by atoms with E-state index >= 15 is 0 Å². The van der Waals surface area contributed by atoms with Crippen LogP contribution in [0.15, 0.2) is 71.9 Å². The van der Waals surface area contributed by atoms with Crippen molar-refractivity contribution in [2.24, 2.45) is 0 Å². The first-order valence-corrected chi connectivity index (χ1v) is 11.0. The van der Waals surface area contributed by atoms with E-state index in [2.05, 4.69) is 63.8 Å². The fourth-order valence-electron chi connectivity index (χ4n) is 3.46. The highest BCUT2D eigenvalue weighted by molar-refractivity contribution is 7.99. The lowest BCUT2D eigenvalue weighted by atomic mass is 10.00. The molecule has 0 unspecified atom stereocenters. The number of aromatic nitrogens is 3. The summed E-state index contributed by atoms with van der Waals surface area (Å²) in [4.78, 5) is 17.0. The van der Waals surface area contributed by atoms with Gasteiger partial charge in [-0.3, -0.25) is 9.89 Å². The Morgan fingerprint density at radius 1 is 1.07 bits per heavy atom. The summed E-state index contributed by atoms with van der Waals surface area (Å²) in [6.45, 7) is 4.14. The first-order chi connectivity index (χ1) is 14.6. The van der Waals surface area contributed by atoms with Crippen LogP contribution in [0.2, 0.25) is 0 Å². The van der Waals surface area contributed by atoms with Gasteiger partial charge in [-0.1, -0.05) is 85.4 Å². The molecular formula is C24H24N4OS. The summed E-state index contributed by atoms with van der Waals surface area (Å²) in [5.74, 6) is 0.935. The molecule has 0 spiro atoms. The zero-order valence-electron chi connectivity index (χ0n) is 17.1. The fraction of sp³-hybridized carbons (Fsp3) is 0.208. The highest BCUT2D eigenvalue weighted by Gasteiger charge is 2.14. The van der Waals surface area contributed by atoms with E-state index in [0.29, 0.717) is 11.0 Å². The van der Waals surface area contributed by atoms with Gasteiger partial charge in [0.2, 0.25) is 11.1 Å². The van der Waals surface area contributed by atoms with Crippen molar-refractivity contribution in [3.05, 3.63) is 77.9 Å². The second-order valence-corrected chi connectivity index (χ2v) is 8.11. The Bertz CT molecular complexity index is 1150. The molecule has 0 aliphatic carbocycles. The molecular weight excluding hydrogens is 392 g/mol. The molecule has 1 atom stereocenters. The van der Waals surface area contributed by atoms with E-state index in [0.717, 1.165) is 22.9 Å². The number of rotatable bonds is 7. The Labute approximate surface area is 180 Å². The Hall–Kier alpha value is -3.12. The maximum atomic E-state index is 12.5. The number of H-pyrrole nitrogens is 1. The second kappa shape index (κ2) is 9.13. The second-order valence-electron chi connectivity index (χ2n) is 7.16. The number of carbonyl (C=O) groups excluding carboxylic acids is 1. The molecule has 5 nitrogen and oxygen atoms in total. The highest BCUT2D eigenvalue weighted by atomic mass is 32.2. The van der Waals surface area contributed by atoms with Crippen molar-refractivity contribution in [3.8, 4) is 11.4 Å². The summed E-state index contributed by atoms with van der Waals surface area (Å²) in [5.41, 5.74) is 3.38. The first-order valence-electron chi connectivity index (χ1n) is 10.1. The largest absolute Gasteiger partial charge is 0.349 e. The van der Waals surface area contributed by atoms with Crippen LogP contribution in [0.1, 0.15) is 31.0 Å². The van der Waals surface area contributed by atoms with Crippen LogP contribution in [-0.2, 0) is 11.2 Å². The number of nitrogens with zero attached hydrogens (tertiary/aromatic N) is 2. The Morgan fingerprint density at radius 2 is 1.83 bits per heavy atom. The number of aryl methyl sites for hydroxylation is 1. The van der Waals surface area contributed by atoms with E-state index in [1.54, 1.807) is 0 Å². The summed E-state index contributed by atoms with van der Waals surface area (Å²) >= 11 is 1.33. The van der Waals surface area contributed by atoms with Gasteiger partial charge in [0, 0.05) is 5.56 Å². The van der Waals surface area contributed by atoms with Gasteiger partial charge >= 0.3 is 0 Å². The van der Waals surface area contributed by atoms with Crippen LogP contribution in [0.4, 0.5) is 0 Å². The van der Waals surface area contributed by atoms with Crippen molar-refractivity contribution in [1.82, 2.24) is 20.5 Å². The molecule has 0 fully saturated rings. The third-order valence-electron chi connectivity index (χ3n) is 5.10. The molecule has 6 heteroatoms. The molecule has 30 heavy (non-hydrogen) atoms. The van der Waals surface area contributed by atoms with E-state index in [4.69, 9.17) is 0 Å². The van der Waals surface area contributed by atoms with Crippen LogP contribution in [0.25, 0.3) is 22.2 Å². The molecule has 2 N–H and O–H groups in total. The third kappa shape index (κ3) is 4.54. The van der Waals surface area contributed by atoms with Crippen LogP contribution in [-0.4, -0.2) is 26.8 Å². The van der Waals surface area contributed by atoms with Crippen LogP contribution in [0.3, 0.4) is 0 Å². The zero-order valence-corrected chi connectivity index (χ0v) is 17.9. The van der Waals surface area contributed by atoms with E-state index in [1.165, 1.54) is 22.7 Å². The third-order valence-corrected chi connectivity index (χ3v) is 5.95. The van der Waals surface area contributed by atoms with Gasteiger partial charge in [0.15, 0.2) is 5.82 Å². The van der Waals surface area contributed by atoms with Crippen molar-refractivity contribution in [3.63, 3.8) is 0 Å². The van der Waals surface area contributed by atoms with E-state index in [9.17, 15) is 4.79 Å². The number of carbonyl (C=O) groups is 1. The molecule has 4 aromatic rings. The van der Waals surface area contributed by atoms with Crippen LogP contribution in [0.5, 0.6) is 0 Å². The summed E-state index contributed by atoms with van der Waals surface area (Å²) in [6.07, 6.45) is 1.00. The van der Waals surface area contributed by atoms with E-state index in [1.807, 2.05) is 37.3 Å². The average Bonchev–Trinajstić information content (AvgIpc) is 3.26. The Balaban J connectivity index is 1.36. The lowest BCUT2D eigenvalue weighted by molar-refractivity contribution is -0.119. The van der Waals surface area contributed by atoms with E-state index in [-0.39, 0.29) is 17.7 Å². The standard InChI is InChI=1S/C24H24N4OS/c1-3-17-11-13-19(14-12-17)23-26-24(28-27-23)30-15-22(29)25-16(2)20-10-6-8-18-7-4-5-9-21(18)20/h4-14,16H,3,15H2,1-2H3,(H,25,29)(H,26,27,28)/t16-/m1/s1. The van der Waals surface area contributed by atoms with Gasteiger partial charge in [-0.05, 0) is 35.2 Å². The maximum Gasteiger partial charge on any atom is 0.230 e. The van der Waals surface area contributed by atoms with Crippen molar-refractivity contribution >= 4 is 28.4 Å². The van der Waals surface area contributed by atoms with Gasteiger partial charge in [0.05, 0.1) is 11.8 Å². The lowest BCUT2D eigenvalue weighted by Gasteiger charge is -2.16. The molecule has 1 aromatic heterocycles. The molecule has 4 rings (SSSR count). The number of amides is 1. The average molecular weight is 417 g/mol. The molecule has 0 radical (unpaired) electrons. The molecule has 152 valence electrons. The topological polar surface area (TPSA) is 70.7 Å². The number of nitrogens with one attached hydrogen (secondary N) is 2. The Morgan fingerprint density at radius 3 is 2.63 bits per heavy atom. The normalized spacial score (nSPS) is 12.1. The van der Waals surface area contributed by atoms with E-state index < -0.39 is 0 Å². The lowest BCUT2D eigenvalue weighted by Crippen LogP contribution is -2.28. The molecule has 0 bridgehead atoms. The Kier molecular flexibility index (Phi) is 6.14. The van der Waals surface area contributed by atoms with Crippen LogP contribution in [0, 0.1) is 0 Å². The predicted molar refractivity (Wildman–Crippen MR) is 122 cm³/mol. The molecule has 3 aromatic carbocycles. The first kappa shape index (κ1) is 20.2. The zero-order chi connectivity index (χ0) is 20.9. The van der Waals surface area contributed by atoms with Gasteiger partial charge in [-0.15, -0.1) is 5.10 Å². The predicted octanol–water partition coefficient (Wildman–Crippen LogP) is 5.16. The van der Waals surface area contributed by atoms with Crippen molar-refractivity contribution in [2.45, 2.75) is 31.5 Å². The molecule has 1 heterocycles. The molecule has 0 saturated carbocycles. The van der Waals surface area contributed by atoms with Gasteiger partial charge < -0.3 is 5.32 Å². The molecule has 0 saturated heterocycles. The minimum absolute atomic E-state index is 0.0425. The number of thioether (sulfide) groups is 1. The van der Waals surface area contributed by atoms with Gasteiger partial charge in [-0.2, -0.15) is 0 Å². The van der Waals surface area contributed by atoms with Crippen LogP contribution < -0.4 is 5.32 Å². The summed E-state index contributed by atoms with van der Waals surface area (Å²) in [5, 5.41) is 13.2. The van der Waals surface area contributed by atoms with Gasteiger partial charge in [0.1, 0.15) is 0 Å². The SMILES string of the molecule is CCc1ccc(-c2nc(SCC(=O)N[C@H](C)c3cccc4ccccc34)n[nH]2)cc1. The summed E-state index contributed by atoms with van der Waals surface area (Å²) in [7, 11) is 0. The molecule has 1 amide bonds. The maximum absolute atomic E-state index is 12.5. The monoisotopic (exact) mass is 416 g/mol. The van der Waals surface area contributed by atoms with Gasteiger partial charge in [0.25, 0.3) is 0 Å². The van der Waals surface area contributed by atoms with Crippen molar-refractivity contribution < 1.29 is 4.79 Å². The number of fused-ring (bicyclic) bond motifs is 1. The minimum atomic E-state index is -0.0796. The minimum Gasteiger partial charge on any atom is -0.349 e. The summed E-state index contributed by atoms with van der Waals surface area (Å²) in [6, 6.07) is 22.6. The molecule has 0 aliphatic rings. The van der Waals surface area contributed by atoms with Crippen molar-refractivity contribution in [1.29, 1.82) is 0 Å². The number of aromatic amines is 1. The number of benzene rings is 3. The summed E-state index contributed by atoms with van der Waals surface area (Å²) < 4.78 is 0. The fourth-order valence-corrected chi connectivity index (χ4v) is 4.07. The van der Waals surface area contributed by atoms with Gasteiger partial charge in [-0.25, -0.2) is 4.98 Å². The quantitative estimate of drug-likeness (QED) is 0.408. The molecule has 0 aliphatic heterocycles. The highest BCUT2D eigenvalue weighted by Crippen LogP contribution is 2.24. The van der Waals surface area contributed by atoms with Crippen LogP contribution >= 0.6 is 11.8 Å². The number of hydrogen-bond acceptors (Lipinski definition) is 4.